The van der Waals surface area contributed by atoms with Crippen molar-refractivity contribution >= 4 is 47.3 Å². The Morgan fingerprint density at radius 2 is 1.25 bits per heavy atom. The van der Waals surface area contributed by atoms with Gasteiger partial charge >= 0.3 is 5.97 Å². The first kappa shape index (κ1) is 42.5. The number of nitrogens with one attached hydrogen (secondary N) is 5. The molecule has 0 unspecified atom stereocenters. The highest BCUT2D eigenvalue weighted by Gasteiger charge is 2.43. The number of amides is 7. The van der Waals surface area contributed by atoms with Crippen LogP contribution in [0.15, 0.2) is 24.3 Å². The summed E-state index contributed by atoms with van der Waals surface area (Å²) < 4.78 is 0. The van der Waals surface area contributed by atoms with Crippen LogP contribution in [0.2, 0.25) is 0 Å². The van der Waals surface area contributed by atoms with Crippen molar-refractivity contribution in [3.8, 4) is 5.75 Å². The molecule has 7 N–H and O–H groups in total. The Bertz CT molecular complexity index is 1620. The molecule has 17 heteroatoms. The summed E-state index contributed by atoms with van der Waals surface area (Å²) in [6, 6.07) is -2.48. The molecule has 302 valence electrons. The molecular weight excluding hydrogens is 714 g/mol. The molecule has 3 fully saturated rings. The number of nitrogens with zero attached hydrogens (tertiary/aromatic N) is 2. The van der Waals surface area contributed by atoms with Gasteiger partial charge in [-0.25, -0.2) is 0 Å². The Morgan fingerprint density at radius 3 is 1.80 bits per heavy atom. The highest BCUT2D eigenvalue weighted by Crippen LogP contribution is 2.24. The molecule has 0 radical (unpaired) electrons. The second-order valence-electron chi connectivity index (χ2n) is 15.3. The summed E-state index contributed by atoms with van der Waals surface area (Å²) in [4.78, 5) is 112. The zero-order valence-corrected chi connectivity index (χ0v) is 32.1. The van der Waals surface area contributed by atoms with Gasteiger partial charge in [0.05, 0.1) is 6.42 Å². The number of aliphatic carboxylic acids is 1. The van der Waals surface area contributed by atoms with E-state index in [2.05, 4.69) is 26.6 Å². The van der Waals surface area contributed by atoms with Gasteiger partial charge in [0.1, 0.15) is 48.0 Å². The average molecular weight is 770 g/mol. The molecule has 1 aromatic rings. The molecule has 55 heavy (non-hydrogen) atoms. The van der Waals surface area contributed by atoms with Crippen molar-refractivity contribution in [3.63, 3.8) is 0 Å². The van der Waals surface area contributed by atoms with Crippen LogP contribution in [0.4, 0.5) is 0 Å². The number of hydrogen-bond acceptors (Lipinski definition) is 9. The Kier molecular flexibility index (Phi) is 14.6. The number of aromatic hydroxyl groups is 1. The van der Waals surface area contributed by atoms with E-state index >= 15 is 0 Å². The lowest BCUT2D eigenvalue weighted by Crippen LogP contribution is -2.60. The van der Waals surface area contributed by atoms with Crippen LogP contribution in [-0.2, 0) is 44.8 Å². The van der Waals surface area contributed by atoms with Gasteiger partial charge in [-0.1, -0.05) is 46.2 Å². The second kappa shape index (κ2) is 18.9. The van der Waals surface area contributed by atoms with E-state index in [0.717, 1.165) is 0 Å². The Labute approximate surface area is 320 Å². The largest absolute Gasteiger partial charge is 0.508 e. The normalized spacial score (nSPS) is 28.3. The van der Waals surface area contributed by atoms with Crippen LogP contribution in [0, 0.1) is 11.8 Å². The number of hydrogen-bond donors (Lipinski definition) is 7. The minimum atomic E-state index is -1.62. The maximum absolute atomic E-state index is 14.2. The van der Waals surface area contributed by atoms with E-state index in [0.29, 0.717) is 24.8 Å². The molecule has 4 rings (SSSR count). The number of benzene rings is 1. The average Bonchev–Trinajstić information content (AvgIpc) is 3.83. The van der Waals surface area contributed by atoms with Gasteiger partial charge in [0.25, 0.3) is 0 Å². The number of phenols is 1. The van der Waals surface area contributed by atoms with E-state index in [9.17, 15) is 48.6 Å². The molecule has 7 amide bonds. The molecule has 0 spiro atoms. The van der Waals surface area contributed by atoms with Crippen LogP contribution < -0.4 is 26.6 Å². The van der Waals surface area contributed by atoms with Crippen LogP contribution in [-0.4, -0.2) is 123 Å². The zero-order valence-electron chi connectivity index (χ0n) is 32.1. The molecule has 3 heterocycles. The summed E-state index contributed by atoms with van der Waals surface area (Å²) in [5.41, 5.74) is 0.522. The van der Waals surface area contributed by atoms with Crippen molar-refractivity contribution in [1.29, 1.82) is 0 Å². The van der Waals surface area contributed by atoms with Gasteiger partial charge in [-0.2, -0.15) is 0 Å². The van der Waals surface area contributed by atoms with E-state index in [4.69, 9.17) is 0 Å². The fraction of sp³-hybridized carbons (Fsp3) is 0.632. The first-order valence-corrected chi connectivity index (χ1v) is 19.1. The fourth-order valence-corrected chi connectivity index (χ4v) is 7.29. The molecule has 0 bridgehead atoms. The minimum Gasteiger partial charge on any atom is -0.508 e. The van der Waals surface area contributed by atoms with Gasteiger partial charge in [-0.05, 0) is 68.6 Å². The maximum atomic E-state index is 14.2. The molecule has 0 saturated carbocycles. The number of carbonyl (C=O) groups is 8. The Hall–Kier alpha value is -5.22. The zero-order chi connectivity index (χ0) is 40.6. The third-order valence-electron chi connectivity index (χ3n) is 10.5. The quantitative estimate of drug-likeness (QED) is 0.186. The molecule has 3 aliphatic heterocycles. The third-order valence-corrected chi connectivity index (χ3v) is 10.5. The van der Waals surface area contributed by atoms with E-state index < -0.39 is 96.0 Å². The van der Waals surface area contributed by atoms with Crippen LogP contribution in [0.3, 0.4) is 0 Å². The molecular formula is C38H55N7O10. The van der Waals surface area contributed by atoms with E-state index in [1.165, 1.54) is 28.9 Å². The summed E-state index contributed by atoms with van der Waals surface area (Å²) in [7, 11) is 0. The number of carboxylic acids is 1. The summed E-state index contributed by atoms with van der Waals surface area (Å²) in [5.74, 6) is -6.71. The van der Waals surface area contributed by atoms with Gasteiger partial charge in [0.15, 0.2) is 0 Å². The molecule has 8 atom stereocenters. The molecule has 0 aliphatic carbocycles. The SMILES string of the molecule is CC[C@H](C)[C@@H]1NC(=O)[C@H](C)NC(=O)[C@H](CC(C)C)NC(=O)[C@@H]2CCCN2C(=O)[C@H](CC(=O)O)NC(=O)[C@H](Cc2ccc(O)cc2)NC(=O)[C@@H]2CCCN2C1=O. The van der Waals surface area contributed by atoms with Gasteiger partial charge in [0, 0.05) is 19.5 Å². The van der Waals surface area contributed by atoms with Crippen LogP contribution >= 0.6 is 0 Å². The maximum Gasteiger partial charge on any atom is 0.305 e. The summed E-state index contributed by atoms with van der Waals surface area (Å²) in [6.07, 6.45) is 1.06. The lowest BCUT2D eigenvalue weighted by molar-refractivity contribution is -0.146. The number of carboxylic acid groups (broad SMARTS) is 1. The van der Waals surface area contributed by atoms with Gasteiger partial charge in [0.2, 0.25) is 41.4 Å². The summed E-state index contributed by atoms with van der Waals surface area (Å²) >= 11 is 0. The number of fused-ring (bicyclic) bond motifs is 2. The number of rotatable bonds is 8. The molecule has 1 aromatic carbocycles. The highest BCUT2D eigenvalue weighted by molar-refractivity contribution is 5.99. The highest BCUT2D eigenvalue weighted by atomic mass is 16.4. The first-order chi connectivity index (χ1) is 26.0. The summed E-state index contributed by atoms with van der Waals surface area (Å²) in [5, 5.41) is 33.0. The van der Waals surface area contributed by atoms with E-state index in [1.54, 1.807) is 19.1 Å². The van der Waals surface area contributed by atoms with Gasteiger partial charge in [-0.3, -0.25) is 38.4 Å². The standard InChI is InChI=1S/C38H55N7O10/c1-6-21(4)31-38(55)45-16-8-10-29(45)36(53)41-26(18-23-11-13-24(46)14-12-23)34(51)42-27(19-30(47)48)37(54)44-15-7-9-28(44)35(52)40-25(17-20(2)3)33(50)39-22(5)32(49)43-31/h11-14,20-22,25-29,31,46H,6-10,15-19H2,1-5H3,(H,39,50)(H,40,52)(H,41,53)(H,42,51)(H,43,49)(H,47,48)/t21-,22-,25-,26-,27-,28-,29-,31-/m0/s1. The molecule has 3 aliphatic rings. The predicted molar refractivity (Wildman–Crippen MR) is 198 cm³/mol. The van der Waals surface area contributed by atoms with Gasteiger partial charge in [-0.15, -0.1) is 0 Å². The van der Waals surface area contributed by atoms with Crippen LogP contribution in [0.25, 0.3) is 0 Å². The van der Waals surface area contributed by atoms with E-state index in [-0.39, 0.29) is 56.4 Å². The van der Waals surface area contributed by atoms with Gasteiger partial charge < -0.3 is 46.6 Å². The topological polar surface area (TPSA) is 244 Å². The van der Waals surface area contributed by atoms with Crippen molar-refractivity contribution in [3.05, 3.63) is 29.8 Å². The minimum absolute atomic E-state index is 0.0337. The number of phenolic OH excluding ortho intramolecular Hbond substituents is 1. The number of carbonyl (C=O) groups excluding carboxylic acids is 7. The monoisotopic (exact) mass is 769 g/mol. The second-order valence-corrected chi connectivity index (χ2v) is 15.3. The molecule has 17 nitrogen and oxygen atoms in total. The Balaban J connectivity index is 1.77. The molecule has 0 aromatic heterocycles. The molecule has 3 saturated heterocycles. The lowest BCUT2D eigenvalue weighted by atomic mass is 9.96. The third kappa shape index (κ3) is 10.9. The lowest BCUT2D eigenvalue weighted by Gasteiger charge is -2.33. The Morgan fingerprint density at radius 1 is 0.727 bits per heavy atom. The van der Waals surface area contributed by atoms with Crippen LogP contribution in [0.5, 0.6) is 5.75 Å². The first-order valence-electron chi connectivity index (χ1n) is 19.1. The fourth-order valence-electron chi connectivity index (χ4n) is 7.29. The summed E-state index contributed by atoms with van der Waals surface area (Å²) in [6.45, 7) is 9.07. The van der Waals surface area contributed by atoms with Crippen molar-refractivity contribution in [2.75, 3.05) is 13.1 Å². The van der Waals surface area contributed by atoms with Crippen molar-refractivity contribution < 1.29 is 48.6 Å². The van der Waals surface area contributed by atoms with Crippen LogP contribution in [0.1, 0.15) is 85.1 Å². The predicted octanol–water partition coefficient (Wildman–Crippen LogP) is -0.0589. The smallest absolute Gasteiger partial charge is 0.305 e. The van der Waals surface area contributed by atoms with Crippen molar-refractivity contribution in [1.82, 2.24) is 36.4 Å². The van der Waals surface area contributed by atoms with Crippen molar-refractivity contribution in [2.45, 2.75) is 128 Å². The van der Waals surface area contributed by atoms with E-state index in [1.807, 2.05) is 20.8 Å². The van der Waals surface area contributed by atoms with Crippen molar-refractivity contribution in [2.24, 2.45) is 11.8 Å².